The molecule has 0 aliphatic rings. The number of hydrogen-bond acceptors (Lipinski definition) is 5. The monoisotopic (exact) mass is 360 g/mol. The molecule has 1 N–H and O–H groups in total. The lowest BCUT2D eigenvalue weighted by Gasteiger charge is -2.09. The molecule has 0 aliphatic carbocycles. The number of benzene rings is 1. The Morgan fingerprint density at radius 2 is 1.91 bits per heavy atom. The summed E-state index contributed by atoms with van der Waals surface area (Å²) in [6.07, 6.45) is 2.84. The number of nitrogens with one attached hydrogen (secondary N) is 1. The molecule has 1 heterocycles. The van der Waals surface area contributed by atoms with Crippen LogP contribution < -0.4 is 4.13 Å². The van der Waals surface area contributed by atoms with Crippen molar-refractivity contribution in [1.82, 2.24) is 9.11 Å². The Hall–Kier alpha value is -1.48. The van der Waals surface area contributed by atoms with Gasteiger partial charge in [0.15, 0.2) is 0 Å². The van der Waals surface area contributed by atoms with Crippen LogP contribution in [0.3, 0.4) is 0 Å². The number of aryl methyl sites for hydroxylation is 1. The van der Waals surface area contributed by atoms with Crippen molar-refractivity contribution < 1.29 is 16.8 Å². The number of pyridine rings is 1. The van der Waals surface area contributed by atoms with E-state index in [9.17, 15) is 16.8 Å². The average molecular weight is 361 g/mol. The number of aromatic nitrogens is 1. The Bertz CT molecular complexity index is 882. The summed E-state index contributed by atoms with van der Waals surface area (Å²) in [5, 5.41) is -0.0379. The zero-order chi connectivity index (χ0) is 16.4. The standard InChI is InChI=1S/C13H13ClN2O4S2/c1-10-4-5-13(12(14)7-10)22(19,20)16-21(17,18)9-11-3-2-6-15-8-11/h2-8,16H,9H2,1H3. The summed E-state index contributed by atoms with van der Waals surface area (Å²) in [6.45, 7) is 1.74. The first kappa shape index (κ1) is 16.9. The van der Waals surface area contributed by atoms with Gasteiger partial charge in [0.1, 0.15) is 4.90 Å². The molecule has 0 saturated heterocycles. The van der Waals surface area contributed by atoms with Gasteiger partial charge in [-0.15, -0.1) is 4.13 Å². The lowest BCUT2D eigenvalue weighted by Crippen LogP contribution is -2.31. The Morgan fingerprint density at radius 1 is 1.18 bits per heavy atom. The molecule has 2 aromatic rings. The zero-order valence-corrected chi connectivity index (χ0v) is 13.9. The van der Waals surface area contributed by atoms with E-state index in [1.165, 1.54) is 36.7 Å². The van der Waals surface area contributed by atoms with Crippen molar-refractivity contribution >= 4 is 31.6 Å². The minimum Gasteiger partial charge on any atom is -0.264 e. The van der Waals surface area contributed by atoms with E-state index in [0.717, 1.165) is 5.56 Å². The quantitative estimate of drug-likeness (QED) is 0.878. The molecule has 0 radical (unpaired) electrons. The van der Waals surface area contributed by atoms with Crippen LogP contribution in [0.1, 0.15) is 11.1 Å². The molecular weight excluding hydrogens is 348 g/mol. The highest BCUT2D eigenvalue weighted by molar-refractivity contribution is 8.04. The van der Waals surface area contributed by atoms with Crippen LogP contribution in [-0.2, 0) is 25.8 Å². The van der Waals surface area contributed by atoms with E-state index < -0.39 is 25.8 Å². The molecule has 0 amide bonds. The van der Waals surface area contributed by atoms with E-state index >= 15 is 0 Å². The molecular formula is C13H13ClN2O4S2. The van der Waals surface area contributed by atoms with E-state index in [-0.39, 0.29) is 9.92 Å². The van der Waals surface area contributed by atoms with Crippen LogP contribution in [0, 0.1) is 6.92 Å². The molecule has 0 fully saturated rings. The lowest BCUT2D eigenvalue weighted by atomic mass is 10.2. The fourth-order valence-electron chi connectivity index (χ4n) is 1.77. The maximum Gasteiger partial charge on any atom is 0.255 e. The normalized spacial score (nSPS) is 12.3. The lowest BCUT2D eigenvalue weighted by molar-refractivity contribution is 0.576. The van der Waals surface area contributed by atoms with E-state index in [2.05, 4.69) is 4.98 Å². The number of nitrogens with zero attached hydrogens (tertiary/aromatic N) is 1. The highest BCUT2D eigenvalue weighted by atomic mass is 35.5. The second-order valence-electron chi connectivity index (χ2n) is 4.64. The molecule has 1 aromatic heterocycles. The Balaban J connectivity index is 2.28. The van der Waals surface area contributed by atoms with Crippen LogP contribution in [0.25, 0.3) is 0 Å². The summed E-state index contributed by atoms with van der Waals surface area (Å²) in [7, 11) is -8.38. The van der Waals surface area contributed by atoms with Crippen LogP contribution in [-0.4, -0.2) is 21.8 Å². The van der Waals surface area contributed by atoms with Gasteiger partial charge in [-0.25, -0.2) is 16.8 Å². The second kappa shape index (κ2) is 6.33. The third-order valence-corrected chi connectivity index (χ3v) is 6.66. The van der Waals surface area contributed by atoms with Crippen LogP contribution in [0.5, 0.6) is 0 Å². The van der Waals surface area contributed by atoms with Crippen LogP contribution in [0.2, 0.25) is 5.02 Å². The summed E-state index contributed by atoms with van der Waals surface area (Å²) in [4.78, 5) is 3.50. The Kier molecular flexibility index (Phi) is 4.86. The number of hydrogen-bond donors (Lipinski definition) is 1. The molecule has 0 aliphatic heterocycles. The van der Waals surface area contributed by atoms with Gasteiger partial charge in [0.25, 0.3) is 10.0 Å². The minimum atomic E-state index is -4.28. The summed E-state index contributed by atoms with van der Waals surface area (Å²) in [6, 6.07) is 7.35. The van der Waals surface area contributed by atoms with Crippen molar-refractivity contribution in [3.05, 3.63) is 58.9 Å². The largest absolute Gasteiger partial charge is 0.264 e. The number of halogens is 1. The maximum absolute atomic E-state index is 12.2. The molecule has 2 rings (SSSR count). The van der Waals surface area contributed by atoms with Crippen molar-refractivity contribution in [3.8, 4) is 0 Å². The van der Waals surface area contributed by atoms with Gasteiger partial charge in [-0.3, -0.25) is 4.98 Å². The third kappa shape index (κ3) is 4.26. The molecule has 1 aromatic carbocycles. The highest BCUT2D eigenvalue weighted by Gasteiger charge is 2.25. The molecule has 22 heavy (non-hydrogen) atoms. The van der Waals surface area contributed by atoms with E-state index in [0.29, 0.717) is 5.56 Å². The topological polar surface area (TPSA) is 93.2 Å². The van der Waals surface area contributed by atoms with Crippen LogP contribution in [0.15, 0.2) is 47.6 Å². The van der Waals surface area contributed by atoms with Gasteiger partial charge in [-0.2, -0.15) is 0 Å². The third-order valence-electron chi connectivity index (χ3n) is 2.69. The Labute approximate surface area is 134 Å². The van der Waals surface area contributed by atoms with Gasteiger partial charge in [0, 0.05) is 12.4 Å². The Morgan fingerprint density at radius 3 is 2.50 bits per heavy atom. The van der Waals surface area contributed by atoms with Crippen molar-refractivity contribution in [1.29, 1.82) is 0 Å². The molecule has 0 unspecified atom stereocenters. The molecule has 0 saturated carbocycles. The predicted octanol–water partition coefficient (Wildman–Crippen LogP) is 1.85. The van der Waals surface area contributed by atoms with Gasteiger partial charge >= 0.3 is 0 Å². The molecule has 6 nitrogen and oxygen atoms in total. The van der Waals surface area contributed by atoms with E-state index in [1.54, 1.807) is 17.1 Å². The molecule has 118 valence electrons. The minimum absolute atomic E-state index is 0.0379. The zero-order valence-electron chi connectivity index (χ0n) is 11.5. The fraction of sp³-hybridized carbons (Fsp3) is 0.154. The number of rotatable bonds is 5. The average Bonchev–Trinajstić information content (AvgIpc) is 2.37. The van der Waals surface area contributed by atoms with Crippen molar-refractivity contribution in [2.45, 2.75) is 17.6 Å². The van der Waals surface area contributed by atoms with Crippen molar-refractivity contribution in [2.75, 3.05) is 0 Å². The van der Waals surface area contributed by atoms with Gasteiger partial charge < -0.3 is 0 Å². The fourth-order valence-corrected chi connectivity index (χ4v) is 5.41. The van der Waals surface area contributed by atoms with Gasteiger partial charge in [-0.05, 0) is 36.2 Å². The summed E-state index contributed by atoms with van der Waals surface area (Å²) in [5.41, 5.74) is 1.14. The molecule has 0 spiro atoms. The highest BCUT2D eigenvalue weighted by Crippen LogP contribution is 2.23. The smallest absolute Gasteiger partial charge is 0.255 e. The van der Waals surface area contributed by atoms with Crippen molar-refractivity contribution in [2.24, 2.45) is 0 Å². The first-order valence-corrected chi connectivity index (χ1v) is 9.62. The molecule has 0 bridgehead atoms. The van der Waals surface area contributed by atoms with Gasteiger partial charge in [0.2, 0.25) is 10.0 Å². The van der Waals surface area contributed by atoms with Crippen LogP contribution >= 0.6 is 11.6 Å². The second-order valence-corrected chi connectivity index (χ2v) is 8.68. The van der Waals surface area contributed by atoms with Gasteiger partial charge in [0.05, 0.1) is 10.8 Å². The van der Waals surface area contributed by atoms with Gasteiger partial charge in [-0.1, -0.05) is 23.7 Å². The summed E-state index contributed by atoms with van der Waals surface area (Å²) < 4.78 is 50.1. The summed E-state index contributed by atoms with van der Waals surface area (Å²) in [5.74, 6) is -0.496. The van der Waals surface area contributed by atoms with Crippen LogP contribution in [0.4, 0.5) is 0 Å². The van der Waals surface area contributed by atoms with E-state index in [4.69, 9.17) is 11.6 Å². The van der Waals surface area contributed by atoms with Crippen molar-refractivity contribution in [3.63, 3.8) is 0 Å². The molecule has 0 atom stereocenters. The molecule has 9 heteroatoms. The first-order chi connectivity index (χ1) is 10.2. The maximum atomic E-state index is 12.2. The summed E-state index contributed by atoms with van der Waals surface area (Å²) >= 11 is 5.88. The first-order valence-electron chi connectivity index (χ1n) is 6.11. The SMILES string of the molecule is Cc1ccc(S(=O)(=O)NS(=O)(=O)Cc2cccnc2)c(Cl)c1. The predicted molar refractivity (Wildman–Crippen MR) is 83.4 cm³/mol. The van der Waals surface area contributed by atoms with E-state index in [1.807, 2.05) is 0 Å². The number of sulfonamides is 2.